The Kier molecular flexibility index (Phi) is 6.59. The molecule has 0 aliphatic rings. The van der Waals surface area contributed by atoms with E-state index in [2.05, 4.69) is 30.1 Å². The number of hydrogen-bond donors (Lipinski definition) is 2. The van der Waals surface area contributed by atoms with Crippen molar-refractivity contribution in [1.29, 1.82) is 0 Å². The highest BCUT2D eigenvalue weighted by Crippen LogP contribution is 2.35. The van der Waals surface area contributed by atoms with Gasteiger partial charge in [-0.25, -0.2) is 28.2 Å². The molecule has 14 heteroatoms. The van der Waals surface area contributed by atoms with Crippen LogP contribution >= 0.6 is 0 Å². The van der Waals surface area contributed by atoms with Crippen LogP contribution in [0.15, 0.2) is 53.1 Å². The quantitative estimate of drug-likeness (QED) is 0.175. The Hall–Kier alpha value is -4.49. The van der Waals surface area contributed by atoms with E-state index in [-0.39, 0.29) is 22.8 Å². The molecule has 3 heterocycles. The van der Waals surface area contributed by atoms with Gasteiger partial charge in [0.25, 0.3) is 0 Å². The molecule has 186 valence electrons. The second kappa shape index (κ2) is 9.64. The molecule has 0 aliphatic heterocycles. The lowest BCUT2D eigenvalue weighted by Gasteiger charge is -2.14. The Labute approximate surface area is 200 Å². The number of alkyl halides is 3. The van der Waals surface area contributed by atoms with Gasteiger partial charge >= 0.3 is 6.18 Å². The molecule has 1 aromatic carbocycles. The van der Waals surface area contributed by atoms with Crippen molar-refractivity contribution in [3.8, 4) is 11.1 Å². The average Bonchev–Trinajstić information content (AvgIpc) is 3.23. The zero-order valence-electron chi connectivity index (χ0n) is 18.6. The minimum atomic E-state index is -4.70. The smallest absolute Gasteiger partial charge is 0.382 e. The molecule has 0 amide bonds. The van der Waals surface area contributed by atoms with Crippen LogP contribution in [0.25, 0.3) is 16.6 Å². The molecule has 4 rings (SSSR count). The van der Waals surface area contributed by atoms with Gasteiger partial charge in [0.05, 0.1) is 23.3 Å². The van der Waals surface area contributed by atoms with E-state index >= 15 is 0 Å². The van der Waals surface area contributed by atoms with Crippen molar-refractivity contribution in [2.24, 2.45) is 15.9 Å². The van der Waals surface area contributed by atoms with Gasteiger partial charge in [-0.3, -0.25) is 4.99 Å². The minimum absolute atomic E-state index is 0.0642. The Morgan fingerprint density at radius 3 is 2.47 bits per heavy atom. The predicted octanol–water partition coefficient (Wildman–Crippen LogP) is 4.28. The van der Waals surface area contributed by atoms with Gasteiger partial charge in [-0.1, -0.05) is 6.92 Å². The first kappa shape index (κ1) is 24.6. The van der Waals surface area contributed by atoms with Crippen molar-refractivity contribution in [1.82, 2.24) is 24.6 Å². The number of anilines is 1. The third-order valence-electron chi connectivity index (χ3n) is 5.34. The van der Waals surface area contributed by atoms with Crippen LogP contribution in [-0.4, -0.2) is 36.5 Å². The Balaban J connectivity index is 1.80. The number of aromatic nitrogens is 5. The first-order valence-electron chi connectivity index (χ1n) is 10.4. The number of hydrogen-bond acceptors (Lipinski definition) is 8. The topological polar surface area (TPSA) is 133 Å². The second-order valence-electron chi connectivity index (χ2n) is 7.55. The number of hydrazone groups is 1. The van der Waals surface area contributed by atoms with Gasteiger partial charge in [-0.2, -0.15) is 23.4 Å². The fourth-order valence-corrected chi connectivity index (χ4v) is 3.68. The van der Waals surface area contributed by atoms with E-state index in [0.717, 1.165) is 18.5 Å². The molecule has 0 saturated heterocycles. The number of nitrogens with zero attached hydrogens (tertiary/aromatic N) is 7. The van der Waals surface area contributed by atoms with E-state index in [1.807, 2.05) is 6.92 Å². The zero-order chi connectivity index (χ0) is 26.0. The summed E-state index contributed by atoms with van der Waals surface area (Å²) in [6, 6.07) is 4.56. The monoisotopic (exact) mass is 503 g/mol. The SMILES string of the molecule is CCC(C(C=Nc1ccc(F)cc1F)=NN)c1cc(-c2cnc(C(F)(F)F)nc2)c2c(N)ncnn12. The summed E-state index contributed by atoms with van der Waals surface area (Å²) in [5, 5.41) is 8.02. The van der Waals surface area contributed by atoms with Gasteiger partial charge in [0, 0.05) is 35.5 Å². The fourth-order valence-electron chi connectivity index (χ4n) is 3.68. The van der Waals surface area contributed by atoms with Crippen LogP contribution < -0.4 is 11.6 Å². The van der Waals surface area contributed by atoms with Crippen LogP contribution in [0.5, 0.6) is 0 Å². The molecule has 0 bridgehead atoms. The standard InChI is InChI=1S/C22H18F5N9/c1-2-13(17(35-29)9-30-16-4-3-12(23)5-15(16)24)18-6-14(19-20(28)33-10-34-36(18)19)11-7-31-21(32-8-11)22(25,26)27/h3-10,13H,2,29H2,1H3,(H2,28,33,34). The Morgan fingerprint density at radius 2 is 1.86 bits per heavy atom. The van der Waals surface area contributed by atoms with Crippen molar-refractivity contribution in [3.63, 3.8) is 0 Å². The molecule has 1 unspecified atom stereocenters. The van der Waals surface area contributed by atoms with Crippen LogP contribution in [0.1, 0.15) is 30.8 Å². The largest absolute Gasteiger partial charge is 0.451 e. The maximum Gasteiger partial charge on any atom is 0.451 e. The number of nitrogens with two attached hydrogens (primary N) is 2. The first-order chi connectivity index (χ1) is 17.1. The summed E-state index contributed by atoms with van der Waals surface area (Å²) in [6.07, 6.45) is 0.241. The fraction of sp³-hybridized carbons (Fsp3) is 0.182. The highest BCUT2D eigenvalue weighted by atomic mass is 19.4. The van der Waals surface area contributed by atoms with Gasteiger partial charge in [0.1, 0.15) is 17.7 Å². The number of rotatable bonds is 6. The van der Waals surface area contributed by atoms with E-state index in [1.165, 1.54) is 23.1 Å². The van der Waals surface area contributed by atoms with Crippen molar-refractivity contribution >= 4 is 28.9 Å². The number of benzene rings is 1. The average molecular weight is 503 g/mol. The van der Waals surface area contributed by atoms with Crippen LogP contribution in [0.2, 0.25) is 0 Å². The zero-order valence-corrected chi connectivity index (χ0v) is 18.6. The number of nitrogen functional groups attached to an aromatic ring is 1. The van der Waals surface area contributed by atoms with Crippen LogP contribution in [0, 0.1) is 11.6 Å². The lowest BCUT2D eigenvalue weighted by Crippen LogP contribution is -2.18. The third kappa shape index (κ3) is 4.69. The lowest BCUT2D eigenvalue weighted by molar-refractivity contribution is -0.144. The molecule has 4 aromatic rings. The van der Waals surface area contributed by atoms with E-state index in [1.54, 1.807) is 6.07 Å². The molecule has 0 fully saturated rings. The number of fused-ring (bicyclic) bond motifs is 1. The van der Waals surface area contributed by atoms with Crippen LogP contribution in [0.4, 0.5) is 33.5 Å². The molecule has 9 nitrogen and oxygen atoms in total. The van der Waals surface area contributed by atoms with E-state index in [4.69, 9.17) is 11.6 Å². The van der Waals surface area contributed by atoms with Crippen molar-refractivity contribution in [2.45, 2.75) is 25.4 Å². The maximum absolute atomic E-state index is 14.0. The highest BCUT2D eigenvalue weighted by Gasteiger charge is 2.34. The molecule has 0 saturated carbocycles. The van der Waals surface area contributed by atoms with Crippen molar-refractivity contribution in [2.75, 3.05) is 5.73 Å². The number of halogens is 5. The Bertz CT molecular complexity index is 1460. The van der Waals surface area contributed by atoms with Gasteiger partial charge in [-0.15, -0.1) is 0 Å². The van der Waals surface area contributed by atoms with Crippen molar-refractivity contribution < 1.29 is 22.0 Å². The summed E-state index contributed by atoms with van der Waals surface area (Å²) in [7, 11) is 0. The molecular weight excluding hydrogens is 485 g/mol. The molecule has 4 N–H and O–H groups in total. The van der Waals surface area contributed by atoms with Crippen LogP contribution in [-0.2, 0) is 6.18 Å². The van der Waals surface area contributed by atoms with Gasteiger partial charge < -0.3 is 11.6 Å². The van der Waals surface area contributed by atoms with E-state index in [0.29, 0.717) is 29.3 Å². The molecule has 0 radical (unpaired) electrons. The summed E-state index contributed by atoms with van der Waals surface area (Å²) in [5.74, 6) is 2.23. The minimum Gasteiger partial charge on any atom is -0.382 e. The van der Waals surface area contributed by atoms with E-state index in [9.17, 15) is 22.0 Å². The first-order valence-corrected chi connectivity index (χ1v) is 10.4. The Morgan fingerprint density at radius 1 is 1.14 bits per heavy atom. The summed E-state index contributed by atoms with van der Waals surface area (Å²) in [4.78, 5) is 14.8. The predicted molar refractivity (Wildman–Crippen MR) is 123 cm³/mol. The molecule has 0 aliphatic carbocycles. The second-order valence-corrected chi connectivity index (χ2v) is 7.55. The molecule has 0 spiro atoms. The van der Waals surface area contributed by atoms with E-state index < -0.39 is 29.6 Å². The molecule has 36 heavy (non-hydrogen) atoms. The summed E-state index contributed by atoms with van der Waals surface area (Å²) in [5.41, 5.74) is 7.63. The molecule has 3 aromatic heterocycles. The normalized spacial score (nSPS) is 13.6. The summed E-state index contributed by atoms with van der Waals surface area (Å²) in [6.45, 7) is 1.83. The van der Waals surface area contributed by atoms with Gasteiger partial charge in [0.15, 0.2) is 11.6 Å². The maximum atomic E-state index is 14.0. The van der Waals surface area contributed by atoms with Crippen LogP contribution in [0.3, 0.4) is 0 Å². The summed E-state index contributed by atoms with van der Waals surface area (Å²) < 4.78 is 67.4. The van der Waals surface area contributed by atoms with Gasteiger partial charge in [0.2, 0.25) is 5.82 Å². The molecular formula is C22H18F5N9. The highest BCUT2D eigenvalue weighted by molar-refractivity contribution is 6.33. The third-order valence-corrected chi connectivity index (χ3v) is 5.34. The summed E-state index contributed by atoms with van der Waals surface area (Å²) >= 11 is 0. The van der Waals surface area contributed by atoms with Crippen molar-refractivity contribution in [3.05, 3.63) is 66.1 Å². The number of aliphatic imine (C=N–C) groups is 1. The molecule has 1 atom stereocenters. The van der Waals surface area contributed by atoms with Gasteiger partial charge in [-0.05, 0) is 24.6 Å². The lowest BCUT2D eigenvalue weighted by atomic mass is 9.96.